The molecular weight excluding hydrogens is 311 g/mol. The quantitative estimate of drug-likeness (QED) is 0.865. The zero-order valence-corrected chi connectivity index (χ0v) is 11.9. The van der Waals surface area contributed by atoms with Crippen LogP contribution >= 0.6 is 15.9 Å². The van der Waals surface area contributed by atoms with Crippen LogP contribution in [0.15, 0.2) is 24.3 Å². The molecule has 1 aromatic carbocycles. The van der Waals surface area contributed by atoms with Crippen LogP contribution in [0.3, 0.4) is 0 Å². The molecule has 0 amide bonds. The van der Waals surface area contributed by atoms with Crippen LogP contribution in [0.4, 0.5) is 4.39 Å². The van der Waals surface area contributed by atoms with Crippen LogP contribution in [0.1, 0.15) is 25.0 Å². The molecule has 0 bridgehead atoms. The van der Waals surface area contributed by atoms with Gasteiger partial charge in [-0.3, -0.25) is 0 Å². The minimum Gasteiger partial charge on any atom is -0.386 e. The molecule has 0 aromatic heterocycles. The Morgan fingerprint density at radius 1 is 1.53 bits per heavy atom. The van der Waals surface area contributed by atoms with Crippen LogP contribution in [-0.2, 0) is 9.84 Å². The zero-order valence-electron chi connectivity index (χ0n) is 9.52. The summed E-state index contributed by atoms with van der Waals surface area (Å²) in [5, 5.41) is 10.1. The molecule has 0 unspecified atom stereocenters. The Labute approximate surface area is 109 Å². The minimum absolute atomic E-state index is 0.170. The molecule has 3 nitrogen and oxygen atoms in total. The van der Waals surface area contributed by atoms with Crippen molar-refractivity contribution < 1.29 is 17.9 Å². The van der Waals surface area contributed by atoms with Gasteiger partial charge >= 0.3 is 0 Å². The van der Waals surface area contributed by atoms with Crippen LogP contribution in [0.25, 0.3) is 0 Å². The highest BCUT2D eigenvalue weighted by Gasteiger charge is 2.44. The summed E-state index contributed by atoms with van der Waals surface area (Å²) < 4.78 is 34.9. The third-order valence-electron chi connectivity index (χ3n) is 2.67. The van der Waals surface area contributed by atoms with Crippen molar-refractivity contribution in [3.63, 3.8) is 0 Å². The highest BCUT2D eigenvalue weighted by atomic mass is 79.9. The lowest BCUT2D eigenvalue weighted by atomic mass is 10.0. The number of rotatable bonds is 4. The maximum absolute atomic E-state index is 13.0. The molecule has 0 saturated carbocycles. The highest BCUT2D eigenvalue weighted by molar-refractivity contribution is 9.11. The Bertz CT molecular complexity index is 503. The van der Waals surface area contributed by atoms with E-state index >= 15 is 0 Å². The molecule has 0 aliphatic rings. The summed E-state index contributed by atoms with van der Waals surface area (Å²) in [4.78, 5) is 0. The first kappa shape index (κ1) is 14.6. The first-order valence-electron chi connectivity index (χ1n) is 5.04. The Balaban J connectivity index is 3.24. The lowest BCUT2D eigenvalue weighted by Crippen LogP contribution is -2.37. The first-order valence-corrected chi connectivity index (χ1v) is 7.73. The molecule has 2 atom stereocenters. The van der Waals surface area contributed by atoms with E-state index in [1.54, 1.807) is 6.92 Å². The van der Waals surface area contributed by atoms with Crippen molar-refractivity contribution >= 4 is 25.8 Å². The maximum Gasteiger partial charge on any atom is 0.166 e. The van der Waals surface area contributed by atoms with Crippen molar-refractivity contribution in [2.75, 3.05) is 6.26 Å². The molecule has 0 radical (unpaired) electrons. The summed E-state index contributed by atoms with van der Waals surface area (Å²) >= 11 is 3.07. The fourth-order valence-corrected chi connectivity index (χ4v) is 2.91. The number of halogens is 2. The summed E-state index contributed by atoms with van der Waals surface area (Å²) in [6.45, 7) is 1.64. The second-order valence-electron chi connectivity index (χ2n) is 3.87. The lowest BCUT2D eigenvalue weighted by Gasteiger charge is -2.29. The third-order valence-corrected chi connectivity index (χ3v) is 7.17. The third kappa shape index (κ3) is 2.86. The minimum atomic E-state index is -3.53. The van der Waals surface area contributed by atoms with Gasteiger partial charge in [0.15, 0.2) is 13.5 Å². The van der Waals surface area contributed by atoms with Crippen LogP contribution in [0.5, 0.6) is 0 Å². The van der Waals surface area contributed by atoms with E-state index in [1.165, 1.54) is 18.2 Å². The van der Waals surface area contributed by atoms with Crippen LogP contribution in [-0.4, -0.2) is 23.4 Å². The molecule has 17 heavy (non-hydrogen) atoms. The van der Waals surface area contributed by atoms with Gasteiger partial charge in [0.05, 0.1) is 0 Å². The van der Waals surface area contributed by atoms with Crippen LogP contribution < -0.4 is 0 Å². The van der Waals surface area contributed by atoms with Crippen molar-refractivity contribution in [3.05, 3.63) is 35.6 Å². The number of hydrogen-bond donors (Lipinski definition) is 1. The van der Waals surface area contributed by atoms with E-state index in [4.69, 9.17) is 0 Å². The highest BCUT2D eigenvalue weighted by Crippen LogP contribution is 2.41. The van der Waals surface area contributed by atoms with E-state index in [-0.39, 0.29) is 12.0 Å². The van der Waals surface area contributed by atoms with E-state index < -0.39 is 25.4 Å². The van der Waals surface area contributed by atoms with Gasteiger partial charge in [0, 0.05) is 6.26 Å². The topological polar surface area (TPSA) is 54.4 Å². The van der Waals surface area contributed by atoms with Gasteiger partial charge in [-0.1, -0.05) is 35.0 Å². The van der Waals surface area contributed by atoms with Crippen molar-refractivity contribution in [2.24, 2.45) is 0 Å². The Hall–Kier alpha value is -0.460. The van der Waals surface area contributed by atoms with Gasteiger partial charge < -0.3 is 5.11 Å². The van der Waals surface area contributed by atoms with Gasteiger partial charge in [0.25, 0.3) is 0 Å². The molecule has 0 fully saturated rings. The number of alkyl halides is 1. The molecule has 1 N–H and O–H groups in total. The normalized spacial score (nSPS) is 17.5. The average Bonchev–Trinajstić information content (AvgIpc) is 2.25. The van der Waals surface area contributed by atoms with E-state index in [1.807, 2.05) is 0 Å². The average molecular weight is 325 g/mol. The number of benzene rings is 1. The first-order chi connectivity index (χ1) is 7.72. The summed E-state index contributed by atoms with van der Waals surface area (Å²) in [5.74, 6) is -0.513. The monoisotopic (exact) mass is 324 g/mol. The van der Waals surface area contributed by atoms with Gasteiger partial charge in [-0.25, -0.2) is 12.8 Å². The second kappa shape index (κ2) is 5.04. The number of hydrogen-bond acceptors (Lipinski definition) is 3. The van der Waals surface area contributed by atoms with Crippen molar-refractivity contribution in [3.8, 4) is 0 Å². The molecule has 0 spiro atoms. The fourth-order valence-electron chi connectivity index (χ4n) is 1.58. The zero-order chi connectivity index (χ0) is 13.3. The molecule has 0 saturated heterocycles. The standard InChI is InChI=1S/C11H14BrFO3S/c1-3-11(12,17(2,15)16)10(14)8-5-4-6-9(13)7-8/h4-7,10,14H,3H2,1-2H3/t10-,11-/m1/s1. The molecule has 6 heteroatoms. The predicted octanol–water partition coefficient (Wildman–Crippen LogP) is 2.40. The fraction of sp³-hybridized carbons (Fsp3) is 0.455. The number of sulfone groups is 1. The molecule has 0 heterocycles. The van der Waals surface area contributed by atoms with Crippen molar-refractivity contribution in [1.82, 2.24) is 0 Å². The molecule has 96 valence electrons. The summed E-state index contributed by atoms with van der Waals surface area (Å²) in [5.41, 5.74) is 0.231. The van der Waals surface area contributed by atoms with Crippen molar-refractivity contribution in [1.29, 1.82) is 0 Å². The Kier molecular flexibility index (Phi) is 4.33. The van der Waals surface area contributed by atoms with Gasteiger partial charge in [-0.15, -0.1) is 0 Å². The van der Waals surface area contributed by atoms with E-state index in [0.29, 0.717) is 0 Å². The summed E-state index contributed by atoms with van der Waals surface area (Å²) in [6, 6.07) is 5.28. The molecular formula is C11H14BrFO3S. The predicted molar refractivity (Wildman–Crippen MR) is 68.2 cm³/mol. The van der Waals surface area contributed by atoms with Gasteiger partial charge in [-0.2, -0.15) is 0 Å². The molecule has 1 rings (SSSR count). The second-order valence-corrected chi connectivity index (χ2v) is 8.08. The van der Waals surface area contributed by atoms with Crippen LogP contribution in [0.2, 0.25) is 0 Å². The van der Waals surface area contributed by atoms with Gasteiger partial charge in [-0.05, 0) is 24.1 Å². The van der Waals surface area contributed by atoms with E-state index in [9.17, 15) is 17.9 Å². The number of aliphatic hydroxyl groups is 1. The smallest absolute Gasteiger partial charge is 0.166 e. The van der Waals surface area contributed by atoms with Crippen LogP contribution in [0, 0.1) is 5.82 Å². The molecule has 0 aliphatic carbocycles. The van der Waals surface area contributed by atoms with E-state index in [0.717, 1.165) is 12.3 Å². The molecule has 1 aromatic rings. The Morgan fingerprint density at radius 2 is 2.12 bits per heavy atom. The summed E-state index contributed by atoms with van der Waals surface area (Å²) in [6.07, 6.45) is -0.115. The number of aliphatic hydroxyl groups excluding tert-OH is 1. The maximum atomic E-state index is 13.0. The summed E-state index contributed by atoms with van der Waals surface area (Å²) in [7, 11) is -3.53. The van der Waals surface area contributed by atoms with Gasteiger partial charge in [0.2, 0.25) is 0 Å². The van der Waals surface area contributed by atoms with Crippen molar-refractivity contribution in [2.45, 2.75) is 23.1 Å². The Morgan fingerprint density at radius 3 is 2.53 bits per heavy atom. The largest absolute Gasteiger partial charge is 0.386 e. The van der Waals surface area contributed by atoms with E-state index in [2.05, 4.69) is 15.9 Å². The lowest BCUT2D eigenvalue weighted by molar-refractivity contribution is 0.160. The molecule has 0 aliphatic heterocycles. The SMILES string of the molecule is CC[C@](Br)([C@H](O)c1cccc(F)c1)S(C)(=O)=O. The van der Waals surface area contributed by atoms with Gasteiger partial charge in [0.1, 0.15) is 11.9 Å².